The van der Waals surface area contributed by atoms with Crippen molar-refractivity contribution < 1.29 is 18.8 Å². The molecule has 7 heteroatoms. The molecule has 2 rings (SSSR count). The molecule has 1 aliphatic rings. The maximum Gasteiger partial charge on any atom is 0.293 e. The van der Waals surface area contributed by atoms with Gasteiger partial charge in [-0.15, -0.1) is 0 Å². The van der Waals surface area contributed by atoms with Crippen LogP contribution < -0.4 is 5.32 Å². The highest BCUT2D eigenvalue weighted by Crippen LogP contribution is 2.32. The van der Waals surface area contributed by atoms with Crippen LogP contribution in [0.25, 0.3) is 6.08 Å². The molecule has 1 N–H and O–H groups in total. The summed E-state index contributed by atoms with van der Waals surface area (Å²) in [5.74, 6) is -1.23. The minimum absolute atomic E-state index is 0.0950. The van der Waals surface area contributed by atoms with E-state index in [0.717, 1.165) is 16.7 Å². The van der Waals surface area contributed by atoms with E-state index in [1.165, 1.54) is 18.2 Å². The summed E-state index contributed by atoms with van der Waals surface area (Å²) < 4.78 is 13.6. The van der Waals surface area contributed by atoms with E-state index in [4.69, 9.17) is 0 Å². The topological polar surface area (TPSA) is 66.5 Å². The summed E-state index contributed by atoms with van der Waals surface area (Å²) in [5.41, 5.74) is 0.256. The number of imide groups is 1. The Balaban J connectivity index is 2.03. The molecule has 0 aromatic heterocycles. The van der Waals surface area contributed by atoms with Crippen LogP contribution in [-0.4, -0.2) is 35.0 Å². The maximum atomic E-state index is 13.6. The molecule has 122 valence electrons. The SMILES string of the molecule is CC(C)C(=O)NCCN1C(=O)S/C(=C\c2ccccc2F)C1=O. The molecule has 0 atom stereocenters. The van der Waals surface area contributed by atoms with Crippen molar-refractivity contribution in [2.24, 2.45) is 5.92 Å². The number of hydrogen-bond acceptors (Lipinski definition) is 4. The lowest BCUT2D eigenvalue weighted by atomic mass is 10.2. The lowest BCUT2D eigenvalue weighted by Crippen LogP contribution is -2.38. The number of carbonyl (C=O) groups is 3. The number of thioether (sulfide) groups is 1. The first-order chi connectivity index (χ1) is 10.9. The Labute approximate surface area is 137 Å². The number of nitrogens with one attached hydrogen (secondary N) is 1. The lowest BCUT2D eigenvalue weighted by Gasteiger charge is -2.13. The van der Waals surface area contributed by atoms with E-state index in [9.17, 15) is 18.8 Å². The van der Waals surface area contributed by atoms with Crippen molar-refractivity contribution in [2.75, 3.05) is 13.1 Å². The molecule has 0 spiro atoms. The van der Waals surface area contributed by atoms with E-state index in [1.807, 2.05) is 0 Å². The Morgan fingerprint density at radius 1 is 1.35 bits per heavy atom. The highest BCUT2D eigenvalue weighted by Gasteiger charge is 2.34. The smallest absolute Gasteiger partial charge is 0.293 e. The van der Waals surface area contributed by atoms with Gasteiger partial charge in [0.05, 0.1) is 4.91 Å². The second-order valence-electron chi connectivity index (χ2n) is 5.30. The molecule has 3 amide bonds. The van der Waals surface area contributed by atoms with Crippen molar-refractivity contribution in [3.63, 3.8) is 0 Å². The van der Waals surface area contributed by atoms with E-state index >= 15 is 0 Å². The van der Waals surface area contributed by atoms with Crippen LogP contribution in [0.15, 0.2) is 29.2 Å². The molecule has 1 saturated heterocycles. The number of benzene rings is 1. The number of hydrogen-bond donors (Lipinski definition) is 1. The van der Waals surface area contributed by atoms with Gasteiger partial charge in [0, 0.05) is 24.6 Å². The molecular formula is C16H17FN2O3S. The summed E-state index contributed by atoms with van der Waals surface area (Å²) in [6.45, 7) is 3.80. The van der Waals surface area contributed by atoms with Crippen LogP contribution in [0.1, 0.15) is 19.4 Å². The fourth-order valence-corrected chi connectivity index (χ4v) is 2.78. The second-order valence-corrected chi connectivity index (χ2v) is 6.29. The second kappa shape index (κ2) is 7.41. The van der Waals surface area contributed by atoms with Crippen LogP contribution in [0.5, 0.6) is 0 Å². The van der Waals surface area contributed by atoms with Crippen molar-refractivity contribution >= 4 is 34.9 Å². The van der Waals surface area contributed by atoms with Gasteiger partial charge in [-0.3, -0.25) is 19.3 Å². The van der Waals surface area contributed by atoms with Gasteiger partial charge in [-0.05, 0) is 23.9 Å². The minimum atomic E-state index is -0.470. The van der Waals surface area contributed by atoms with E-state index < -0.39 is 17.0 Å². The van der Waals surface area contributed by atoms with Gasteiger partial charge >= 0.3 is 0 Å². The zero-order chi connectivity index (χ0) is 17.0. The van der Waals surface area contributed by atoms with Crippen LogP contribution in [0.2, 0.25) is 0 Å². The third-order valence-electron chi connectivity index (χ3n) is 3.22. The molecule has 1 aliphatic heterocycles. The number of carbonyl (C=O) groups excluding carboxylic acids is 3. The van der Waals surface area contributed by atoms with Gasteiger partial charge in [-0.2, -0.15) is 0 Å². The predicted molar refractivity (Wildman–Crippen MR) is 86.9 cm³/mol. The Bertz CT molecular complexity index is 673. The summed E-state index contributed by atoms with van der Waals surface area (Å²) in [7, 11) is 0. The third kappa shape index (κ3) is 4.19. The number of nitrogens with zero attached hydrogens (tertiary/aromatic N) is 1. The summed E-state index contributed by atoms with van der Waals surface area (Å²) in [6, 6.07) is 6.03. The van der Waals surface area contributed by atoms with Gasteiger partial charge in [0.2, 0.25) is 5.91 Å². The van der Waals surface area contributed by atoms with Crippen molar-refractivity contribution in [1.82, 2.24) is 10.2 Å². The summed E-state index contributed by atoms with van der Waals surface area (Å²) in [4.78, 5) is 36.8. The molecule has 0 aliphatic carbocycles. The lowest BCUT2D eigenvalue weighted by molar-refractivity contribution is -0.125. The Hall–Kier alpha value is -2.15. The summed E-state index contributed by atoms with van der Waals surface area (Å²) >= 11 is 0.770. The van der Waals surface area contributed by atoms with Crippen molar-refractivity contribution in [3.05, 3.63) is 40.6 Å². The van der Waals surface area contributed by atoms with Gasteiger partial charge in [-0.25, -0.2) is 4.39 Å². The Kier molecular flexibility index (Phi) is 5.54. The number of rotatable bonds is 5. The fourth-order valence-electron chi connectivity index (χ4n) is 1.92. The normalized spacial score (nSPS) is 16.5. The molecule has 1 heterocycles. The van der Waals surface area contributed by atoms with Gasteiger partial charge in [-0.1, -0.05) is 32.0 Å². The first-order valence-electron chi connectivity index (χ1n) is 7.17. The maximum absolute atomic E-state index is 13.6. The molecule has 1 aromatic carbocycles. The Morgan fingerprint density at radius 2 is 2.04 bits per heavy atom. The highest BCUT2D eigenvalue weighted by molar-refractivity contribution is 8.18. The van der Waals surface area contributed by atoms with Crippen molar-refractivity contribution in [2.45, 2.75) is 13.8 Å². The summed E-state index contributed by atoms with van der Waals surface area (Å²) in [5, 5.41) is 2.23. The minimum Gasteiger partial charge on any atom is -0.354 e. The van der Waals surface area contributed by atoms with Gasteiger partial charge in [0.25, 0.3) is 11.1 Å². The van der Waals surface area contributed by atoms with Gasteiger partial charge in [0.1, 0.15) is 5.82 Å². The van der Waals surface area contributed by atoms with Gasteiger partial charge in [0.15, 0.2) is 0 Å². The average molecular weight is 336 g/mol. The molecule has 0 bridgehead atoms. The molecule has 0 saturated carbocycles. The van der Waals surface area contributed by atoms with E-state index in [1.54, 1.807) is 26.0 Å². The highest BCUT2D eigenvalue weighted by atomic mass is 32.2. The fraction of sp³-hybridized carbons (Fsp3) is 0.312. The molecule has 23 heavy (non-hydrogen) atoms. The van der Waals surface area contributed by atoms with E-state index in [0.29, 0.717) is 0 Å². The quantitative estimate of drug-likeness (QED) is 0.840. The third-order valence-corrected chi connectivity index (χ3v) is 4.13. The summed E-state index contributed by atoms with van der Waals surface area (Å²) in [6.07, 6.45) is 1.37. The number of halogens is 1. The van der Waals surface area contributed by atoms with Crippen LogP contribution in [0, 0.1) is 11.7 Å². The van der Waals surface area contributed by atoms with Crippen LogP contribution in [0.3, 0.4) is 0 Å². The first-order valence-corrected chi connectivity index (χ1v) is 7.99. The molecule has 1 aromatic rings. The Morgan fingerprint density at radius 3 is 2.70 bits per heavy atom. The monoisotopic (exact) mass is 336 g/mol. The average Bonchev–Trinajstić information content (AvgIpc) is 2.76. The zero-order valence-corrected chi connectivity index (χ0v) is 13.7. The first kappa shape index (κ1) is 17.2. The van der Waals surface area contributed by atoms with Crippen molar-refractivity contribution in [1.29, 1.82) is 0 Å². The standard InChI is InChI=1S/C16H17FN2O3S/c1-10(2)14(20)18-7-8-19-15(21)13(23-16(19)22)9-11-5-3-4-6-12(11)17/h3-6,9-10H,7-8H2,1-2H3,(H,18,20)/b13-9-. The molecular weight excluding hydrogens is 319 g/mol. The zero-order valence-electron chi connectivity index (χ0n) is 12.8. The molecule has 0 unspecified atom stereocenters. The predicted octanol–water partition coefficient (Wildman–Crippen LogP) is 2.63. The largest absolute Gasteiger partial charge is 0.354 e. The van der Waals surface area contributed by atoms with E-state index in [2.05, 4.69) is 5.32 Å². The molecule has 0 radical (unpaired) electrons. The molecule has 5 nitrogen and oxygen atoms in total. The van der Waals surface area contributed by atoms with Crippen LogP contribution >= 0.6 is 11.8 Å². The molecule has 1 fully saturated rings. The van der Waals surface area contributed by atoms with Gasteiger partial charge < -0.3 is 5.32 Å². The van der Waals surface area contributed by atoms with Crippen LogP contribution in [-0.2, 0) is 9.59 Å². The van der Waals surface area contributed by atoms with Crippen LogP contribution in [0.4, 0.5) is 9.18 Å². The number of amides is 3. The van der Waals surface area contributed by atoms with E-state index in [-0.39, 0.29) is 35.4 Å². The van der Waals surface area contributed by atoms with Crippen molar-refractivity contribution in [3.8, 4) is 0 Å².